The van der Waals surface area contributed by atoms with E-state index < -0.39 is 0 Å². The third-order valence-electron chi connectivity index (χ3n) is 3.26. The van der Waals surface area contributed by atoms with Crippen molar-refractivity contribution in [1.82, 2.24) is 10.2 Å². The summed E-state index contributed by atoms with van der Waals surface area (Å²) in [5, 5.41) is 3.24. The van der Waals surface area contributed by atoms with Crippen LogP contribution < -0.4 is 5.32 Å². The molecule has 0 saturated carbocycles. The minimum absolute atomic E-state index is 0. The molecule has 1 N–H and O–H groups in total. The molecule has 0 radical (unpaired) electrons. The Labute approximate surface area is 138 Å². The summed E-state index contributed by atoms with van der Waals surface area (Å²) in [7, 11) is 1.69. The van der Waals surface area contributed by atoms with Crippen molar-refractivity contribution in [3.05, 3.63) is 34.1 Å². The smallest absolute Gasteiger partial charge is 0.224 e. The molecule has 1 unspecified atom stereocenters. The third kappa shape index (κ3) is 5.54. The van der Waals surface area contributed by atoms with Gasteiger partial charge in [0.1, 0.15) is 5.82 Å². The molecule has 1 fully saturated rings. The fourth-order valence-electron chi connectivity index (χ4n) is 2.13. The van der Waals surface area contributed by atoms with E-state index in [1.807, 2.05) is 0 Å². The van der Waals surface area contributed by atoms with Crippen LogP contribution in [0.5, 0.6) is 0 Å². The zero-order chi connectivity index (χ0) is 14.5. The first kappa shape index (κ1) is 18.4. The van der Waals surface area contributed by atoms with Gasteiger partial charge in [0, 0.05) is 42.6 Å². The molecule has 1 heterocycles. The van der Waals surface area contributed by atoms with E-state index in [-0.39, 0.29) is 36.7 Å². The van der Waals surface area contributed by atoms with Crippen molar-refractivity contribution >= 4 is 34.2 Å². The van der Waals surface area contributed by atoms with Gasteiger partial charge in [-0.3, -0.25) is 4.79 Å². The average molecular weight is 382 g/mol. The van der Waals surface area contributed by atoms with E-state index in [9.17, 15) is 9.18 Å². The first-order valence-electron chi connectivity index (χ1n) is 6.55. The highest BCUT2D eigenvalue weighted by atomic mass is 79.9. The molecule has 0 aliphatic carbocycles. The molecule has 2 rings (SSSR count). The summed E-state index contributed by atoms with van der Waals surface area (Å²) in [5.41, 5.74) is 0.503. The first-order chi connectivity index (χ1) is 9.56. The number of rotatable bonds is 4. The molecule has 1 atom stereocenters. The van der Waals surface area contributed by atoms with Gasteiger partial charge in [0.05, 0.1) is 13.2 Å². The summed E-state index contributed by atoms with van der Waals surface area (Å²) >= 11 is 3.31. The van der Waals surface area contributed by atoms with Crippen LogP contribution in [0.4, 0.5) is 4.39 Å². The number of hydrogen-bond donors (Lipinski definition) is 1. The number of morpholine rings is 1. The van der Waals surface area contributed by atoms with Crippen LogP contribution in [-0.2, 0) is 16.1 Å². The van der Waals surface area contributed by atoms with E-state index in [4.69, 9.17) is 4.74 Å². The second-order valence-corrected chi connectivity index (χ2v) is 5.83. The maximum Gasteiger partial charge on any atom is 0.224 e. The SMILES string of the molecule is CN(Cc1cc(Br)ccc1F)C(=O)CC1COCCN1.Cl. The number of hydrogen-bond acceptors (Lipinski definition) is 3. The number of benzene rings is 1. The molecular weight excluding hydrogens is 363 g/mol. The average Bonchev–Trinajstić information content (AvgIpc) is 2.44. The predicted octanol–water partition coefficient (Wildman–Crippen LogP) is 2.35. The number of carbonyl (C=O) groups is 1. The highest BCUT2D eigenvalue weighted by molar-refractivity contribution is 9.10. The normalized spacial score (nSPS) is 18.0. The minimum atomic E-state index is -0.299. The molecule has 118 valence electrons. The van der Waals surface area contributed by atoms with E-state index in [1.165, 1.54) is 6.07 Å². The van der Waals surface area contributed by atoms with Crippen molar-refractivity contribution in [2.75, 3.05) is 26.8 Å². The summed E-state index contributed by atoms with van der Waals surface area (Å²) in [6.45, 7) is 2.26. The predicted molar refractivity (Wildman–Crippen MR) is 85.0 cm³/mol. The molecule has 0 aromatic heterocycles. The highest BCUT2D eigenvalue weighted by Gasteiger charge is 2.20. The molecule has 0 spiro atoms. The first-order valence-corrected chi connectivity index (χ1v) is 7.34. The Kier molecular flexibility index (Phi) is 7.59. The number of ether oxygens (including phenoxy) is 1. The van der Waals surface area contributed by atoms with Crippen molar-refractivity contribution in [3.63, 3.8) is 0 Å². The summed E-state index contributed by atoms with van der Waals surface area (Å²) < 4.78 is 19.8. The van der Waals surface area contributed by atoms with E-state index >= 15 is 0 Å². The van der Waals surface area contributed by atoms with Crippen molar-refractivity contribution in [2.24, 2.45) is 0 Å². The number of amides is 1. The van der Waals surface area contributed by atoms with Gasteiger partial charge in [0.25, 0.3) is 0 Å². The summed E-state index contributed by atoms with van der Waals surface area (Å²) in [6, 6.07) is 4.78. The largest absolute Gasteiger partial charge is 0.378 e. The maximum atomic E-state index is 13.7. The van der Waals surface area contributed by atoms with Gasteiger partial charge >= 0.3 is 0 Å². The van der Waals surface area contributed by atoms with Crippen LogP contribution in [0.1, 0.15) is 12.0 Å². The monoisotopic (exact) mass is 380 g/mol. The molecule has 1 aliphatic heterocycles. The van der Waals surface area contributed by atoms with Crippen molar-refractivity contribution < 1.29 is 13.9 Å². The Morgan fingerprint density at radius 3 is 3.00 bits per heavy atom. The van der Waals surface area contributed by atoms with Crippen molar-refractivity contribution in [2.45, 2.75) is 19.0 Å². The topological polar surface area (TPSA) is 41.6 Å². The van der Waals surface area contributed by atoms with Crippen LogP contribution in [0.15, 0.2) is 22.7 Å². The Hall–Kier alpha value is -0.690. The molecule has 1 aromatic rings. The minimum Gasteiger partial charge on any atom is -0.378 e. The molecule has 1 aliphatic rings. The molecule has 1 aromatic carbocycles. The summed E-state index contributed by atoms with van der Waals surface area (Å²) in [4.78, 5) is 13.7. The van der Waals surface area contributed by atoms with E-state index in [2.05, 4.69) is 21.2 Å². The van der Waals surface area contributed by atoms with Gasteiger partial charge in [-0.05, 0) is 18.2 Å². The number of nitrogens with one attached hydrogen (secondary N) is 1. The Balaban J connectivity index is 0.00000220. The molecular formula is C14H19BrClFN2O2. The van der Waals surface area contributed by atoms with Gasteiger partial charge in [-0.2, -0.15) is 0 Å². The number of nitrogens with zero attached hydrogens (tertiary/aromatic N) is 1. The highest BCUT2D eigenvalue weighted by Crippen LogP contribution is 2.17. The third-order valence-corrected chi connectivity index (χ3v) is 3.75. The van der Waals surface area contributed by atoms with E-state index in [0.29, 0.717) is 25.2 Å². The zero-order valence-electron chi connectivity index (χ0n) is 11.8. The molecule has 21 heavy (non-hydrogen) atoms. The lowest BCUT2D eigenvalue weighted by molar-refractivity contribution is -0.131. The van der Waals surface area contributed by atoms with Crippen molar-refractivity contribution in [3.8, 4) is 0 Å². The van der Waals surface area contributed by atoms with E-state index in [1.54, 1.807) is 24.1 Å². The van der Waals surface area contributed by atoms with Crippen LogP contribution in [0, 0.1) is 5.82 Å². The second kappa shape index (κ2) is 8.68. The lowest BCUT2D eigenvalue weighted by Crippen LogP contribution is -2.44. The quantitative estimate of drug-likeness (QED) is 0.870. The van der Waals surface area contributed by atoms with Crippen molar-refractivity contribution in [1.29, 1.82) is 0 Å². The molecule has 1 amide bonds. The summed E-state index contributed by atoms with van der Waals surface area (Å²) in [5.74, 6) is -0.320. The molecule has 4 nitrogen and oxygen atoms in total. The second-order valence-electron chi connectivity index (χ2n) is 4.92. The van der Waals surface area contributed by atoms with E-state index in [0.717, 1.165) is 11.0 Å². The van der Waals surface area contributed by atoms with Crippen LogP contribution in [0.2, 0.25) is 0 Å². The lowest BCUT2D eigenvalue weighted by Gasteiger charge is -2.25. The Bertz CT molecular complexity index is 484. The van der Waals surface area contributed by atoms with Gasteiger partial charge in [0.15, 0.2) is 0 Å². The van der Waals surface area contributed by atoms with Gasteiger partial charge in [0.2, 0.25) is 5.91 Å². The fourth-order valence-corrected chi connectivity index (χ4v) is 2.53. The van der Waals surface area contributed by atoms with Gasteiger partial charge in [-0.15, -0.1) is 12.4 Å². The maximum absolute atomic E-state index is 13.7. The molecule has 1 saturated heterocycles. The van der Waals surface area contributed by atoms with Gasteiger partial charge in [-0.1, -0.05) is 15.9 Å². The van der Waals surface area contributed by atoms with Crippen LogP contribution >= 0.6 is 28.3 Å². The molecule has 0 bridgehead atoms. The zero-order valence-corrected chi connectivity index (χ0v) is 14.2. The fraction of sp³-hybridized carbons (Fsp3) is 0.500. The molecule has 7 heteroatoms. The standard InChI is InChI=1S/C14H18BrFN2O2.ClH/c1-18(8-10-6-11(15)2-3-13(10)16)14(19)7-12-9-20-5-4-17-12;/h2-3,6,12,17H,4-5,7-9H2,1H3;1H. The number of halogens is 3. The lowest BCUT2D eigenvalue weighted by atomic mass is 10.1. The van der Waals surface area contributed by atoms with Gasteiger partial charge in [-0.25, -0.2) is 4.39 Å². The van der Waals surface area contributed by atoms with Crippen LogP contribution in [0.25, 0.3) is 0 Å². The van der Waals surface area contributed by atoms with Crippen LogP contribution in [0.3, 0.4) is 0 Å². The Morgan fingerprint density at radius 1 is 1.57 bits per heavy atom. The Morgan fingerprint density at radius 2 is 2.33 bits per heavy atom. The van der Waals surface area contributed by atoms with Gasteiger partial charge < -0.3 is 15.0 Å². The number of carbonyl (C=O) groups excluding carboxylic acids is 1. The summed E-state index contributed by atoms with van der Waals surface area (Å²) in [6.07, 6.45) is 0.367. The van der Waals surface area contributed by atoms with Crippen LogP contribution in [-0.4, -0.2) is 43.7 Å².